The first-order chi connectivity index (χ1) is 5.13. The maximum absolute atomic E-state index is 10.1. The Balaban J connectivity index is 2.97. The highest BCUT2D eigenvalue weighted by Gasteiger charge is 1.95. The minimum absolute atomic E-state index is 0.139. The summed E-state index contributed by atoms with van der Waals surface area (Å²) in [5, 5.41) is 8.77. The third kappa shape index (κ3) is 9.35. The van der Waals surface area contributed by atoms with E-state index in [0.717, 1.165) is 0 Å². The number of rotatable bonds is 6. The Morgan fingerprint density at radius 3 is 2.91 bits per heavy atom. The molecule has 0 radical (unpaired) electrons. The second-order valence-corrected chi connectivity index (χ2v) is 2.29. The fourth-order valence-electron chi connectivity index (χ4n) is 0.462. The number of aliphatic hydroxyl groups excluding tert-OH is 1. The van der Waals surface area contributed by atoms with Crippen LogP contribution in [0.15, 0.2) is 0 Å². The van der Waals surface area contributed by atoms with Crippen LogP contribution >= 0.6 is 0 Å². The molecule has 1 amide bonds. The summed E-state index contributed by atoms with van der Waals surface area (Å²) < 4.78 is 0. The lowest BCUT2D eigenvalue weighted by Crippen LogP contribution is -2.26. The van der Waals surface area contributed by atoms with E-state index in [1.54, 1.807) is 6.92 Å². The lowest BCUT2D eigenvalue weighted by Gasteiger charge is -2.04. The van der Waals surface area contributed by atoms with Crippen molar-refractivity contribution in [3.63, 3.8) is 0 Å². The first-order valence-electron chi connectivity index (χ1n) is 3.44. The van der Waals surface area contributed by atoms with E-state index in [4.69, 9.17) is 10.8 Å². The fraction of sp³-hybridized carbons (Fsp3) is 0.833. The lowest BCUT2D eigenvalue weighted by molar-refractivity contribution is -0.125. The predicted octanol–water partition coefficient (Wildman–Crippen LogP) is -1.24. The highest BCUT2D eigenvalue weighted by molar-refractivity contribution is 5.74. The van der Waals surface area contributed by atoms with Gasteiger partial charge in [0.05, 0.1) is 6.10 Å². The zero-order valence-electron chi connectivity index (χ0n) is 6.54. The Labute approximate surface area is 65.5 Å². The third-order valence-corrected chi connectivity index (χ3v) is 0.981. The molecule has 1 atom stereocenters. The first kappa shape index (κ1) is 10.3. The number of amides is 1. The topological polar surface area (TPSA) is 84.6 Å². The van der Waals surface area contributed by atoms with Crippen LogP contribution in [0.1, 0.15) is 13.3 Å². The van der Waals surface area contributed by atoms with Crippen molar-refractivity contribution in [3.8, 4) is 0 Å². The van der Waals surface area contributed by atoms with Gasteiger partial charge < -0.3 is 10.8 Å². The maximum atomic E-state index is 10.1. The monoisotopic (exact) mass is 162 g/mol. The molecule has 0 spiro atoms. The van der Waals surface area contributed by atoms with Crippen LogP contribution in [-0.2, 0) is 9.63 Å². The van der Waals surface area contributed by atoms with E-state index >= 15 is 0 Å². The second-order valence-electron chi connectivity index (χ2n) is 2.29. The molecule has 0 rings (SSSR count). The van der Waals surface area contributed by atoms with Crippen molar-refractivity contribution in [1.29, 1.82) is 0 Å². The zero-order chi connectivity index (χ0) is 8.69. The van der Waals surface area contributed by atoms with Crippen LogP contribution in [-0.4, -0.2) is 30.3 Å². The number of nitrogens with one attached hydrogen (secondary N) is 1. The van der Waals surface area contributed by atoms with Gasteiger partial charge in [0, 0.05) is 6.54 Å². The zero-order valence-corrected chi connectivity index (χ0v) is 6.54. The normalized spacial score (nSPS) is 12.9. The molecule has 0 heterocycles. The summed E-state index contributed by atoms with van der Waals surface area (Å²) in [6.45, 7) is 2.04. The molecule has 0 aliphatic rings. The van der Waals surface area contributed by atoms with Gasteiger partial charge in [0.25, 0.3) is 0 Å². The summed E-state index contributed by atoms with van der Waals surface area (Å²) >= 11 is 0. The van der Waals surface area contributed by atoms with Gasteiger partial charge in [-0.15, -0.1) is 0 Å². The number of carbonyl (C=O) groups is 1. The molecule has 0 aromatic carbocycles. The Hall–Kier alpha value is -0.650. The molecule has 0 bridgehead atoms. The average Bonchev–Trinajstić information content (AvgIpc) is 1.85. The minimum atomic E-state index is -0.519. The van der Waals surface area contributed by atoms with E-state index in [1.165, 1.54) is 0 Å². The maximum Gasteiger partial charge on any atom is 0.245 e. The Kier molecular flexibility index (Phi) is 5.73. The quantitative estimate of drug-likeness (QED) is 0.337. The molecule has 66 valence electrons. The number of carbonyl (C=O) groups excluding carboxylic acids is 1. The van der Waals surface area contributed by atoms with Crippen LogP contribution in [0, 0.1) is 0 Å². The summed E-state index contributed by atoms with van der Waals surface area (Å²) in [5.74, 6) is -0.519. The van der Waals surface area contributed by atoms with E-state index in [2.05, 4.69) is 10.3 Å². The molecule has 5 nitrogen and oxygen atoms in total. The van der Waals surface area contributed by atoms with Crippen molar-refractivity contribution in [2.24, 2.45) is 5.73 Å². The molecule has 4 N–H and O–H groups in total. The molecule has 1 unspecified atom stereocenters. The third-order valence-electron chi connectivity index (χ3n) is 0.981. The van der Waals surface area contributed by atoms with Crippen molar-refractivity contribution in [3.05, 3.63) is 0 Å². The molecular weight excluding hydrogens is 148 g/mol. The Morgan fingerprint density at radius 1 is 1.82 bits per heavy atom. The molecule has 5 heteroatoms. The minimum Gasteiger partial charge on any atom is -0.393 e. The summed E-state index contributed by atoms with van der Waals surface area (Å²) in [4.78, 5) is 14.7. The Morgan fingerprint density at radius 2 is 2.45 bits per heavy atom. The van der Waals surface area contributed by atoms with Gasteiger partial charge in [-0.25, -0.2) is 5.48 Å². The number of hydrogen-bond acceptors (Lipinski definition) is 4. The van der Waals surface area contributed by atoms with Crippen molar-refractivity contribution >= 4 is 5.91 Å². The van der Waals surface area contributed by atoms with Crippen molar-refractivity contribution in [2.45, 2.75) is 19.4 Å². The van der Waals surface area contributed by atoms with Crippen molar-refractivity contribution in [1.82, 2.24) is 5.48 Å². The van der Waals surface area contributed by atoms with Crippen LogP contribution in [0.5, 0.6) is 0 Å². The Bertz CT molecular complexity index is 116. The molecule has 0 saturated heterocycles. The fourth-order valence-corrected chi connectivity index (χ4v) is 0.462. The van der Waals surface area contributed by atoms with Crippen LogP contribution in [0.2, 0.25) is 0 Å². The summed E-state index contributed by atoms with van der Waals surface area (Å²) in [7, 11) is 0. The average molecular weight is 162 g/mol. The SMILES string of the molecule is CC(O)CCNOCC(N)=O. The molecule has 0 aromatic rings. The molecule has 0 aliphatic heterocycles. The van der Waals surface area contributed by atoms with E-state index in [-0.39, 0.29) is 12.7 Å². The highest BCUT2D eigenvalue weighted by Crippen LogP contribution is 1.85. The van der Waals surface area contributed by atoms with Crippen LogP contribution in [0.25, 0.3) is 0 Å². The van der Waals surface area contributed by atoms with Crippen molar-refractivity contribution < 1.29 is 14.7 Å². The molecule has 0 aliphatic carbocycles. The van der Waals surface area contributed by atoms with Crippen LogP contribution in [0.3, 0.4) is 0 Å². The number of primary amides is 1. The highest BCUT2D eigenvalue weighted by atomic mass is 16.6. The van der Waals surface area contributed by atoms with Gasteiger partial charge in [-0.3, -0.25) is 9.63 Å². The van der Waals surface area contributed by atoms with E-state index < -0.39 is 5.91 Å². The molecule has 0 aromatic heterocycles. The van der Waals surface area contributed by atoms with E-state index in [0.29, 0.717) is 13.0 Å². The molecule has 0 fully saturated rings. The number of aliphatic hydroxyl groups is 1. The first-order valence-corrected chi connectivity index (χ1v) is 3.44. The predicted molar refractivity (Wildman–Crippen MR) is 39.4 cm³/mol. The summed E-state index contributed by atoms with van der Waals surface area (Å²) in [6.07, 6.45) is 0.221. The van der Waals surface area contributed by atoms with Crippen molar-refractivity contribution in [2.75, 3.05) is 13.2 Å². The smallest absolute Gasteiger partial charge is 0.245 e. The van der Waals surface area contributed by atoms with Gasteiger partial charge in [-0.1, -0.05) is 0 Å². The number of hydroxylamine groups is 1. The van der Waals surface area contributed by atoms with Gasteiger partial charge >= 0.3 is 0 Å². The van der Waals surface area contributed by atoms with Gasteiger partial charge in [0.15, 0.2) is 0 Å². The number of hydrogen-bond donors (Lipinski definition) is 3. The molecule has 0 saturated carbocycles. The second kappa shape index (κ2) is 6.09. The van der Waals surface area contributed by atoms with Crippen LogP contribution in [0.4, 0.5) is 0 Å². The number of nitrogens with two attached hydrogens (primary N) is 1. The summed E-state index contributed by atoms with van der Waals surface area (Å²) in [6, 6.07) is 0. The van der Waals surface area contributed by atoms with E-state index in [1.807, 2.05) is 0 Å². The van der Waals surface area contributed by atoms with E-state index in [9.17, 15) is 4.79 Å². The van der Waals surface area contributed by atoms with Crippen LogP contribution < -0.4 is 11.2 Å². The lowest BCUT2D eigenvalue weighted by atomic mass is 10.3. The van der Waals surface area contributed by atoms with Gasteiger partial charge in [0.2, 0.25) is 5.91 Å². The van der Waals surface area contributed by atoms with Gasteiger partial charge in [-0.2, -0.15) is 0 Å². The molecule has 11 heavy (non-hydrogen) atoms. The summed E-state index contributed by atoms with van der Waals surface area (Å²) in [5.41, 5.74) is 7.27. The standard InChI is InChI=1S/C6H14N2O3/c1-5(9)2-3-8-11-4-6(7)10/h5,8-9H,2-4H2,1H3,(H2,7,10). The molecular formula is C6H14N2O3. The van der Waals surface area contributed by atoms with Gasteiger partial charge in [-0.05, 0) is 13.3 Å². The van der Waals surface area contributed by atoms with Gasteiger partial charge in [0.1, 0.15) is 6.61 Å². The largest absolute Gasteiger partial charge is 0.393 e.